The summed E-state index contributed by atoms with van der Waals surface area (Å²) in [5.74, 6) is 0.295. The van der Waals surface area contributed by atoms with Crippen molar-refractivity contribution in [2.75, 3.05) is 6.54 Å². The molecule has 4 unspecified atom stereocenters. The van der Waals surface area contributed by atoms with Crippen LogP contribution < -0.4 is 10.6 Å². The fourth-order valence-electron chi connectivity index (χ4n) is 4.13. The van der Waals surface area contributed by atoms with Crippen molar-refractivity contribution in [1.29, 1.82) is 0 Å². The van der Waals surface area contributed by atoms with E-state index in [0.29, 0.717) is 0 Å². The monoisotopic (exact) mass is 393 g/mol. The number of hydrogen-bond acceptors (Lipinski definition) is 3. The Balaban J connectivity index is 2.08. The molecule has 2 rings (SSSR count). The average Bonchev–Trinajstić information content (AvgIpc) is 3.37. The lowest BCUT2D eigenvalue weighted by molar-refractivity contribution is -0.136. The lowest BCUT2D eigenvalue weighted by Gasteiger charge is -2.35. The van der Waals surface area contributed by atoms with Crippen LogP contribution in [0.5, 0.6) is 0 Å². The van der Waals surface area contributed by atoms with E-state index in [-0.39, 0.29) is 29.6 Å². The molecule has 0 bridgehead atoms. The molecular formula is C22H39N3O3. The summed E-state index contributed by atoms with van der Waals surface area (Å²) in [5, 5.41) is 5.81. The van der Waals surface area contributed by atoms with Crippen molar-refractivity contribution >= 4 is 17.7 Å². The second-order valence-corrected chi connectivity index (χ2v) is 9.86. The highest BCUT2D eigenvalue weighted by Crippen LogP contribution is 2.33. The standard InChI is InChI=1S/C22H39N3O3/c1-7-9-14(2)17(18(26)16-11-12-16)23-21(28)24-19(22(4,5)6)20(27)25-13-8-10-15(25)3/h14-17,19H,7-13H2,1-6H3,(H2,23,24,28). The molecule has 1 saturated carbocycles. The third kappa shape index (κ3) is 5.71. The molecule has 160 valence electrons. The molecular weight excluding hydrogens is 354 g/mol. The minimum Gasteiger partial charge on any atom is -0.338 e. The molecule has 2 N–H and O–H groups in total. The van der Waals surface area contributed by atoms with Crippen LogP contribution in [0.2, 0.25) is 0 Å². The molecule has 6 heteroatoms. The number of amides is 3. The highest BCUT2D eigenvalue weighted by atomic mass is 16.2. The summed E-state index contributed by atoms with van der Waals surface area (Å²) in [5.41, 5.74) is -0.415. The Labute approximate surface area is 170 Å². The van der Waals surface area contributed by atoms with Gasteiger partial charge in [-0.05, 0) is 50.4 Å². The molecule has 0 aromatic rings. The minimum atomic E-state index is -0.619. The normalized spacial score (nSPS) is 23.1. The zero-order valence-corrected chi connectivity index (χ0v) is 18.5. The molecule has 0 aromatic heterocycles. The number of rotatable bonds is 8. The Morgan fingerprint density at radius 3 is 2.21 bits per heavy atom. The maximum Gasteiger partial charge on any atom is 0.316 e. The van der Waals surface area contributed by atoms with Gasteiger partial charge in [0.05, 0.1) is 6.04 Å². The molecule has 0 spiro atoms. The summed E-state index contributed by atoms with van der Waals surface area (Å²) < 4.78 is 0. The van der Waals surface area contributed by atoms with E-state index in [1.165, 1.54) is 0 Å². The van der Waals surface area contributed by atoms with Gasteiger partial charge in [-0.25, -0.2) is 4.79 Å². The van der Waals surface area contributed by atoms with E-state index < -0.39 is 23.5 Å². The molecule has 4 atom stereocenters. The predicted octanol–water partition coefficient (Wildman–Crippen LogP) is 3.50. The molecule has 1 heterocycles. The van der Waals surface area contributed by atoms with Crippen LogP contribution in [0.15, 0.2) is 0 Å². The van der Waals surface area contributed by atoms with Crippen molar-refractivity contribution in [2.45, 2.75) is 98.2 Å². The van der Waals surface area contributed by atoms with Gasteiger partial charge in [-0.15, -0.1) is 0 Å². The van der Waals surface area contributed by atoms with Crippen molar-refractivity contribution in [3.63, 3.8) is 0 Å². The van der Waals surface area contributed by atoms with E-state index in [0.717, 1.165) is 45.1 Å². The lowest BCUT2D eigenvalue weighted by atomic mass is 9.85. The average molecular weight is 394 g/mol. The first-order valence-electron chi connectivity index (χ1n) is 11.0. The number of carbonyl (C=O) groups is 3. The Bertz CT molecular complexity index is 580. The number of urea groups is 1. The third-order valence-corrected chi connectivity index (χ3v) is 6.11. The van der Waals surface area contributed by atoms with E-state index in [4.69, 9.17) is 0 Å². The second-order valence-electron chi connectivity index (χ2n) is 9.86. The Morgan fingerprint density at radius 1 is 1.11 bits per heavy atom. The van der Waals surface area contributed by atoms with E-state index in [1.54, 1.807) is 0 Å². The predicted molar refractivity (Wildman–Crippen MR) is 111 cm³/mol. The van der Waals surface area contributed by atoms with Crippen LogP contribution in [-0.2, 0) is 9.59 Å². The maximum absolute atomic E-state index is 13.1. The molecule has 0 aromatic carbocycles. The first kappa shape index (κ1) is 22.7. The van der Waals surface area contributed by atoms with E-state index in [2.05, 4.69) is 24.5 Å². The largest absolute Gasteiger partial charge is 0.338 e. The molecule has 2 fully saturated rings. The van der Waals surface area contributed by atoms with Crippen LogP contribution in [-0.4, -0.2) is 47.3 Å². The number of nitrogens with one attached hydrogen (secondary N) is 2. The number of nitrogens with zero attached hydrogens (tertiary/aromatic N) is 1. The summed E-state index contributed by atoms with van der Waals surface area (Å²) in [6, 6.07) is -1.31. The molecule has 1 aliphatic heterocycles. The molecule has 0 radical (unpaired) electrons. The van der Waals surface area contributed by atoms with Crippen molar-refractivity contribution in [1.82, 2.24) is 15.5 Å². The second kappa shape index (κ2) is 9.27. The van der Waals surface area contributed by atoms with Crippen molar-refractivity contribution < 1.29 is 14.4 Å². The van der Waals surface area contributed by atoms with E-state index in [9.17, 15) is 14.4 Å². The zero-order chi connectivity index (χ0) is 21.1. The summed E-state index contributed by atoms with van der Waals surface area (Å²) >= 11 is 0. The van der Waals surface area contributed by atoms with Gasteiger partial charge in [-0.1, -0.05) is 41.0 Å². The van der Waals surface area contributed by atoms with Gasteiger partial charge in [0.1, 0.15) is 6.04 Å². The lowest BCUT2D eigenvalue weighted by Crippen LogP contribution is -2.59. The fraction of sp³-hybridized carbons (Fsp3) is 0.864. The number of carbonyl (C=O) groups excluding carboxylic acids is 3. The molecule has 6 nitrogen and oxygen atoms in total. The molecule has 2 aliphatic rings. The van der Waals surface area contributed by atoms with Gasteiger partial charge in [0, 0.05) is 18.5 Å². The number of ketones is 1. The van der Waals surface area contributed by atoms with Gasteiger partial charge in [-0.2, -0.15) is 0 Å². The first-order valence-corrected chi connectivity index (χ1v) is 11.0. The summed E-state index contributed by atoms with van der Waals surface area (Å²) in [6.07, 6.45) is 5.70. The van der Waals surface area contributed by atoms with Gasteiger partial charge < -0.3 is 15.5 Å². The van der Waals surface area contributed by atoms with Gasteiger partial charge in [0.25, 0.3) is 0 Å². The summed E-state index contributed by atoms with van der Waals surface area (Å²) in [6.45, 7) is 12.8. The van der Waals surface area contributed by atoms with E-state index in [1.807, 2.05) is 32.6 Å². The Kier molecular flexibility index (Phi) is 7.52. The zero-order valence-electron chi connectivity index (χ0n) is 18.5. The minimum absolute atomic E-state index is 0.0284. The SMILES string of the molecule is CCCC(C)C(NC(=O)NC(C(=O)N1CCCC1C)C(C)(C)C)C(=O)C1CC1. The molecule has 1 aliphatic carbocycles. The van der Waals surface area contributed by atoms with Crippen LogP contribution in [0, 0.1) is 17.3 Å². The number of likely N-dealkylation sites (tertiary alicyclic amines) is 1. The van der Waals surface area contributed by atoms with Crippen molar-refractivity contribution in [3.8, 4) is 0 Å². The highest BCUT2D eigenvalue weighted by Gasteiger charge is 2.41. The van der Waals surface area contributed by atoms with Crippen LogP contribution in [0.1, 0.15) is 80.1 Å². The van der Waals surface area contributed by atoms with Crippen molar-refractivity contribution in [2.24, 2.45) is 17.3 Å². The topological polar surface area (TPSA) is 78.5 Å². The maximum atomic E-state index is 13.1. The summed E-state index contributed by atoms with van der Waals surface area (Å²) in [4.78, 5) is 40.5. The Morgan fingerprint density at radius 2 is 1.75 bits per heavy atom. The van der Waals surface area contributed by atoms with Crippen molar-refractivity contribution in [3.05, 3.63) is 0 Å². The fourth-order valence-corrected chi connectivity index (χ4v) is 4.13. The van der Waals surface area contributed by atoms with Crippen LogP contribution >= 0.6 is 0 Å². The summed E-state index contributed by atoms with van der Waals surface area (Å²) in [7, 11) is 0. The van der Waals surface area contributed by atoms with Gasteiger partial charge in [-0.3, -0.25) is 9.59 Å². The Hall–Kier alpha value is -1.59. The van der Waals surface area contributed by atoms with Gasteiger partial charge >= 0.3 is 6.03 Å². The third-order valence-electron chi connectivity index (χ3n) is 6.11. The molecule has 28 heavy (non-hydrogen) atoms. The van der Waals surface area contributed by atoms with E-state index >= 15 is 0 Å². The highest BCUT2D eigenvalue weighted by molar-refractivity contribution is 5.93. The van der Waals surface area contributed by atoms with Crippen LogP contribution in [0.3, 0.4) is 0 Å². The van der Waals surface area contributed by atoms with Crippen LogP contribution in [0.25, 0.3) is 0 Å². The quantitative estimate of drug-likeness (QED) is 0.662. The smallest absolute Gasteiger partial charge is 0.316 e. The molecule has 1 saturated heterocycles. The van der Waals surface area contributed by atoms with Gasteiger partial charge in [0.2, 0.25) is 5.91 Å². The number of hydrogen-bond donors (Lipinski definition) is 2. The van der Waals surface area contributed by atoms with Crippen LogP contribution in [0.4, 0.5) is 4.79 Å². The first-order chi connectivity index (χ1) is 13.1. The number of Topliss-reactive ketones (excluding diaryl/α,β-unsaturated/α-hetero) is 1. The van der Waals surface area contributed by atoms with Gasteiger partial charge in [0.15, 0.2) is 5.78 Å². The molecule has 3 amide bonds.